The van der Waals surface area contributed by atoms with E-state index < -0.39 is 19.8 Å². The van der Waals surface area contributed by atoms with Gasteiger partial charge in [0.1, 0.15) is 17.2 Å². The Morgan fingerprint density at radius 1 is 1.03 bits per heavy atom. The minimum atomic E-state index is -2.28. The van der Waals surface area contributed by atoms with Gasteiger partial charge in [0.2, 0.25) is 5.56 Å². The summed E-state index contributed by atoms with van der Waals surface area (Å²) in [5.74, 6) is 1.78. The zero-order chi connectivity index (χ0) is 44.2. The van der Waals surface area contributed by atoms with E-state index in [-0.39, 0.29) is 28.2 Å². The number of nitrogens with one attached hydrogen (secondary N) is 3. The average Bonchev–Trinajstić information content (AvgIpc) is 3.25. The summed E-state index contributed by atoms with van der Waals surface area (Å²) in [5, 5.41) is 18.1. The lowest BCUT2D eigenvalue weighted by molar-refractivity contribution is -0.159. The molecule has 11 nitrogen and oxygen atoms in total. The number of pyridine rings is 1. The molecule has 3 saturated heterocycles. The second kappa shape index (κ2) is 19.3. The number of aryl methyl sites for hydroxylation is 1. The van der Waals surface area contributed by atoms with E-state index in [1.165, 1.54) is 25.3 Å². The highest BCUT2D eigenvalue weighted by Crippen LogP contribution is 2.51. The number of hydrogen-bond acceptors (Lipinski definition) is 9. The number of halogens is 1. The molecule has 1 amide bonds. The number of piperidine rings is 3. The van der Waals surface area contributed by atoms with Gasteiger partial charge in [0.25, 0.3) is 5.91 Å². The number of carbonyl (C=O) groups is 2. The Bertz CT molecular complexity index is 2290. The quantitative estimate of drug-likeness (QED) is 0.0375. The molecule has 0 unspecified atom stereocenters. The molecule has 1 saturated carbocycles. The minimum Gasteiger partial charge on any atom is -0.506 e. The van der Waals surface area contributed by atoms with Crippen LogP contribution >= 0.6 is 11.6 Å². The first kappa shape index (κ1) is 45.8. The predicted octanol–water partition coefficient (Wildman–Crippen LogP) is 9.31. The van der Waals surface area contributed by atoms with Crippen molar-refractivity contribution < 1.29 is 28.6 Å². The van der Waals surface area contributed by atoms with Crippen molar-refractivity contribution in [2.75, 3.05) is 39.8 Å². The third-order valence-electron chi connectivity index (χ3n) is 14.3. The van der Waals surface area contributed by atoms with E-state index in [9.17, 15) is 19.5 Å². The fraction of sp³-hybridized carbons (Fsp3) is 0.531. The SMILES string of the molecule is COc1cc(C(=O)NCCCc2cccc(OC(=O)C3([C@@H]4CN5CCC4CC5)CCCCC3)c2)c(Cl)cc1CNC[C@H](O[Si](C)(C)C(C)(C)C)c1ccc(O)c2[nH]c(=O)ccc12. The Labute approximate surface area is 372 Å². The molecule has 1 aromatic heterocycles. The van der Waals surface area contributed by atoms with Crippen molar-refractivity contribution in [3.8, 4) is 17.2 Å². The minimum absolute atomic E-state index is 0.00462. The van der Waals surface area contributed by atoms with Crippen LogP contribution in [0.3, 0.4) is 0 Å². The van der Waals surface area contributed by atoms with Crippen molar-refractivity contribution in [1.82, 2.24) is 20.5 Å². The Morgan fingerprint density at radius 2 is 1.79 bits per heavy atom. The zero-order valence-corrected chi connectivity index (χ0v) is 39.1. The number of ether oxygens (including phenoxy) is 2. The van der Waals surface area contributed by atoms with Gasteiger partial charge in [0, 0.05) is 43.2 Å². The fourth-order valence-electron chi connectivity index (χ4n) is 9.78. The first-order valence-corrected chi connectivity index (χ1v) is 25.8. The van der Waals surface area contributed by atoms with E-state index in [0.717, 1.165) is 62.0 Å². The van der Waals surface area contributed by atoms with Gasteiger partial charge in [0.15, 0.2) is 8.32 Å². The molecule has 4 aliphatic rings. The monoisotopic (exact) mass is 884 g/mol. The van der Waals surface area contributed by atoms with Crippen LogP contribution in [0, 0.1) is 17.3 Å². The molecule has 3 aliphatic heterocycles. The van der Waals surface area contributed by atoms with Crippen LogP contribution < -0.4 is 25.7 Å². The molecule has 62 heavy (non-hydrogen) atoms. The number of methoxy groups -OCH3 is 1. The molecule has 0 radical (unpaired) electrons. The Kier molecular flexibility index (Phi) is 14.2. The normalized spacial score (nSPS) is 20.5. The van der Waals surface area contributed by atoms with E-state index >= 15 is 0 Å². The molecule has 4 N–H and O–H groups in total. The highest BCUT2D eigenvalue weighted by molar-refractivity contribution is 6.74. The number of nitrogens with zero attached hydrogens (tertiary/aromatic N) is 1. The molecule has 2 bridgehead atoms. The highest BCUT2D eigenvalue weighted by atomic mass is 35.5. The number of esters is 1. The van der Waals surface area contributed by atoms with E-state index in [1.54, 1.807) is 31.4 Å². The number of aromatic nitrogens is 1. The molecule has 0 spiro atoms. The second-order valence-corrected chi connectivity index (χ2v) is 24.4. The number of phenols is 1. The average molecular weight is 886 g/mol. The molecule has 1 aliphatic carbocycles. The van der Waals surface area contributed by atoms with Crippen molar-refractivity contribution in [1.29, 1.82) is 0 Å². The van der Waals surface area contributed by atoms with Gasteiger partial charge in [-0.3, -0.25) is 14.4 Å². The van der Waals surface area contributed by atoms with Gasteiger partial charge in [-0.15, -0.1) is 0 Å². The summed E-state index contributed by atoms with van der Waals surface area (Å²) < 4.78 is 18.9. The first-order valence-electron chi connectivity index (χ1n) is 22.5. The van der Waals surface area contributed by atoms with Crippen LogP contribution in [0.2, 0.25) is 23.2 Å². The number of amides is 1. The molecular weight excluding hydrogens is 820 g/mol. The number of rotatable bonds is 16. The smallest absolute Gasteiger partial charge is 0.317 e. The Morgan fingerprint density at radius 3 is 2.48 bits per heavy atom. The Hall–Kier alpha value is -4.20. The molecular formula is C49H65ClN4O7Si. The number of carbonyl (C=O) groups excluding carboxylic acids is 2. The van der Waals surface area contributed by atoms with Crippen molar-refractivity contribution in [3.63, 3.8) is 0 Å². The second-order valence-electron chi connectivity index (χ2n) is 19.3. The largest absolute Gasteiger partial charge is 0.506 e. The Balaban J connectivity index is 0.953. The molecule has 2 atom stereocenters. The third kappa shape index (κ3) is 10.1. The van der Waals surface area contributed by atoms with Crippen molar-refractivity contribution in [3.05, 3.63) is 98.3 Å². The molecule has 3 aromatic carbocycles. The summed E-state index contributed by atoms with van der Waals surface area (Å²) in [7, 11) is -0.712. The van der Waals surface area contributed by atoms with Crippen LogP contribution in [-0.2, 0) is 22.2 Å². The van der Waals surface area contributed by atoms with Gasteiger partial charge in [0.05, 0.1) is 34.7 Å². The van der Waals surface area contributed by atoms with E-state index in [0.29, 0.717) is 77.3 Å². The van der Waals surface area contributed by atoms with E-state index in [2.05, 4.69) is 54.4 Å². The van der Waals surface area contributed by atoms with Gasteiger partial charge in [-0.25, -0.2) is 0 Å². The number of aromatic hydroxyl groups is 1. The number of aromatic amines is 1. The summed E-state index contributed by atoms with van der Waals surface area (Å²) in [4.78, 5) is 45.0. The molecule has 4 fully saturated rings. The summed E-state index contributed by atoms with van der Waals surface area (Å²) in [5.41, 5.74) is 2.68. The summed E-state index contributed by atoms with van der Waals surface area (Å²) >= 11 is 6.76. The van der Waals surface area contributed by atoms with Gasteiger partial charge < -0.3 is 39.5 Å². The number of fused-ring (bicyclic) bond motifs is 4. The lowest BCUT2D eigenvalue weighted by atomic mass is 9.58. The summed E-state index contributed by atoms with van der Waals surface area (Å²) in [6, 6.07) is 17.9. The van der Waals surface area contributed by atoms with Crippen LogP contribution in [0.25, 0.3) is 10.9 Å². The first-order chi connectivity index (χ1) is 29.6. The molecule has 8 rings (SSSR count). The van der Waals surface area contributed by atoms with Gasteiger partial charge in [-0.05, 0) is 129 Å². The van der Waals surface area contributed by atoms with Crippen LogP contribution in [0.15, 0.2) is 65.5 Å². The maximum absolute atomic E-state index is 14.1. The molecule has 13 heteroatoms. The number of H-pyrrole nitrogens is 1. The summed E-state index contributed by atoms with van der Waals surface area (Å²) in [6.45, 7) is 15.5. The maximum atomic E-state index is 14.1. The topological polar surface area (TPSA) is 142 Å². The fourth-order valence-corrected chi connectivity index (χ4v) is 11.3. The van der Waals surface area contributed by atoms with Crippen molar-refractivity contribution >= 4 is 42.7 Å². The summed E-state index contributed by atoms with van der Waals surface area (Å²) in [6.07, 6.45) is 8.59. The molecule has 4 heterocycles. The molecule has 334 valence electrons. The standard InChI is InChI=1S/C49H65ClN4O7Si/c1-48(2,3)62(5,6)61-43(36-15-17-41(55)45-37(36)16-18-44(56)53-45)30-51-29-34-27-40(50)38(28-42(34)59-4)46(57)52-23-11-13-32-12-10-14-35(26-32)60-47(58)49(21-8-7-9-22-49)39-31-54-24-19-33(39)20-25-54/h10,12,14-18,26-28,33,39,43,51,55H,7-9,11,13,19-25,29-31H2,1-6H3,(H,52,57)(H,53,56)/t39-,43+/m1/s1. The highest BCUT2D eigenvalue weighted by Gasteiger charge is 2.53. The van der Waals surface area contributed by atoms with Crippen LogP contribution in [-0.4, -0.2) is 75.0 Å². The van der Waals surface area contributed by atoms with Gasteiger partial charge >= 0.3 is 5.97 Å². The predicted molar refractivity (Wildman–Crippen MR) is 248 cm³/mol. The van der Waals surface area contributed by atoms with Crippen molar-refractivity contribution in [2.45, 2.75) is 109 Å². The number of hydrogen-bond donors (Lipinski definition) is 4. The number of phenolic OH excluding ortho intramolecular Hbond substituents is 1. The van der Waals surface area contributed by atoms with Crippen LogP contribution in [0.5, 0.6) is 17.2 Å². The lowest BCUT2D eigenvalue weighted by Gasteiger charge is -2.53. The van der Waals surface area contributed by atoms with Crippen LogP contribution in [0.1, 0.15) is 105 Å². The van der Waals surface area contributed by atoms with Gasteiger partial charge in [-0.2, -0.15) is 0 Å². The van der Waals surface area contributed by atoms with E-state index in [4.69, 9.17) is 25.5 Å². The zero-order valence-electron chi connectivity index (χ0n) is 37.3. The number of benzene rings is 3. The van der Waals surface area contributed by atoms with E-state index in [1.807, 2.05) is 30.3 Å². The van der Waals surface area contributed by atoms with Gasteiger partial charge in [-0.1, -0.05) is 69.8 Å². The third-order valence-corrected chi connectivity index (χ3v) is 19.1. The molecule has 4 aromatic rings. The van der Waals surface area contributed by atoms with Crippen molar-refractivity contribution in [2.24, 2.45) is 17.3 Å². The van der Waals surface area contributed by atoms with Crippen LogP contribution in [0.4, 0.5) is 0 Å². The maximum Gasteiger partial charge on any atom is 0.317 e. The lowest BCUT2D eigenvalue weighted by Crippen LogP contribution is -2.57.